The van der Waals surface area contributed by atoms with E-state index in [1.54, 1.807) is 18.2 Å². The fourth-order valence-corrected chi connectivity index (χ4v) is 3.25. The summed E-state index contributed by atoms with van der Waals surface area (Å²) in [7, 11) is 0. The highest BCUT2D eigenvalue weighted by atomic mass is 16.3. The summed E-state index contributed by atoms with van der Waals surface area (Å²) in [4.78, 5) is 4.77. The third kappa shape index (κ3) is 1.68. The molecule has 0 amide bonds. The Labute approximate surface area is 136 Å². The molecule has 4 heteroatoms. The first-order valence-electron chi connectivity index (χ1n) is 7.64. The molecule has 0 saturated carbocycles. The smallest absolute Gasteiger partial charge is 0.161 e. The number of benzene rings is 4. The molecule has 0 unspecified atom stereocenters. The van der Waals surface area contributed by atoms with Crippen LogP contribution in [0.5, 0.6) is 5.75 Å². The topological polar surface area (TPSA) is 70.1 Å². The Kier molecular flexibility index (Phi) is 2.48. The third-order valence-electron chi connectivity index (χ3n) is 4.41. The number of hydrogen-bond acceptors (Lipinski definition) is 4. The van der Waals surface area contributed by atoms with Gasteiger partial charge in [-0.2, -0.15) is 0 Å². The number of hydrogen-bond donors (Lipinski definition) is 2. The second-order valence-electron chi connectivity index (χ2n) is 5.81. The van der Waals surface area contributed by atoms with E-state index in [0.29, 0.717) is 16.5 Å². The molecular weight excluding hydrogens is 300 g/mol. The van der Waals surface area contributed by atoms with Gasteiger partial charge in [0.25, 0.3) is 0 Å². The first-order chi connectivity index (χ1) is 11.7. The van der Waals surface area contributed by atoms with Crippen molar-refractivity contribution in [2.45, 2.75) is 0 Å². The van der Waals surface area contributed by atoms with E-state index in [2.05, 4.69) is 0 Å². The summed E-state index contributed by atoms with van der Waals surface area (Å²) in [6.07, 6.45) is 0. The normalized spacial score (nSPS) is 11.7. The molecule has 0 radical (unpaired) electrons. The summed E-state index contributed by atoms with van der Waals surface area (Å²) in [6.45, 7) is 0. The van der Waals surface area contributed by atoms with Gasteiger partial charge in [-0.3, -0.25) is 0 Å². The van der Waals surface area contributed by atoms with Crippen molar-refractivity contribution in [3.8, 4) is 5.75 Å². The molecule has 1 aromatic heterocycles. The Balaban J connectivity index is 2.01. The Morgan fingerprint density at radius 2 is 1.58 bits per heavy atom. The molecular formula is C20H12N2O2. The van der Waals surface area contributed by atoms with Crippen LogP contribution < -0.4 is 5.36 Å². The van der Waals surface area contributed by atoms with Gasteiger partial charge in [-0.1, -0.05) is 24.3 Å². The molecule has 2 N–H and O–H groups in total. The van der Waals surface area contributed by atoms with Crippen LogP contribution in [0.1, 0.15) is 0 Å². The lowest BCUT2D eigenvalue weighted by Crippen LogP contribution is -1.99. The van der Waals surface area contributed by atoms with Gasteiger partial charge in [-0.25, -0.2) is 4.98 Å². The van der Waals surface area contributed by atoms with E-state index in [1.165, 1.54) is 0 Å². The van der Waals surface area contributed by atoms with E-state index >= 15 is 0 Å². The molecule has 4 aromatic carbocycles. The molecule has 24 heavy (non-hydrogen) atoms. The molecule has 0 aliphatic rings. The van der Waals surface area contributed by atoms with Gasteiger partial charge in [0, 0.05) is 21.5 Å². The number of phenolic OH excluding ortho intramolecular Hbond substituents is 1. The van der Waals surface area contributed by atoms with Crippen LogP contribution in [0.15, 0.2) is 65.1 Å². The van der Waals surface area contributed by atoms with Crippen LogP contribution in [-0.4, -0.2) is 10.1 Å². The number of nitrogens with one attached hydrogen (secondary N) is 1. The van der Waals surface area contributed by atoms with E-state index in [4.69, 9.17) is 14.8 Å². The van der Waals surface area contributed by atoms with Crippen molar-refractivity contribution >= 4 is 43.7 Å². The average molecular weight is 312 g/mol. The monoisotopic (exact) mass is 312 g/mol. The molecule has 0 saturated heterocycles. The quantitative estimate of drug-likeness (QED) is 0.327. The summed E-state index contributed by atoms with van der Waals surface area (Å²) in [5.74, 6) is 0.224. The zero-order valence-corrected chi connectivity index (χ0v) is 12.6. The van der Waals surface area contributed by atoms with Gasteiger partial charge in [0.15, 0.2) is 11.2 Å². The summed E-state index contributed by atoms with van der Waals surface area (Å²) in [5, 5.41) is 21.9. The lowest BCUT2D eigenvalue weighted by molar-refractivity contribution is 0.481. The Morgan fingerprint density at radius 1 is 0.792 bits per heavy atom. The van der Waals surface area contributed by atoms with Crippen LogP contribution in [0.3, 0.4) is 0 Å². The maximum atomic E-state index is 10.0. The van der Waals surface area contributed by atoms with Crippen molar-refractivity contribution in [3.63, 3.8) is 0 Å². The van der Waals surface area contributed by atoms with Crippen molar-refractivity contribution in [2.24, 2.45) is 0 Å². The Bertz CT molecular complexity index is 1340. The number of nitrogens with zero attached hydrogens (tertiary/aromatic N) is 1. The Hall–Kier alpha value is -3.40. The molecule has 5 aromatic rings. The molecule has 114 valence electrons. The molecule has 0 fully saturated rings. The van der Waals surface area contributed by atoms with Gasteiger partial charge in [0.05, 0.1) is 5.36 Å². The first-order valence-corrected chi connectivity index (χ1v) is 7.64. The van der Waals surface area contributed by atoms with Crippen LogP contribution in [-0.2, 0) is 0 Å². The minimum atomic E-state index is 0.224. The van der Waals surface area contributed by atoms with Crippen molar-refractivity contribution in [1.29, 1.82) is 5.41 Å². The third-order valence-corrected chi connectivity index (χ3v) is 4.41. The second-order valence-corrected chi connectivity index (χ2v) is 5.81. The van der Waals surface area contributed by atoms with E-state index < -0.39 is 0 Å². The van der Waals surface area contributed by atoms with Crippen molar-refractivity contribution in [2.75, 3.05) is 0 Å². The standard InChI is InChI=1S/C20H12N2O2/c21-15-5-1-3-13-11(15)8-10-18-19(13)22-16-9-7-12-14(20(16)24-18)4-2-6-17(12)23/h1-10,21,23H. The van der Waals surface area contributed by atoms with Crippen LogP contribution >= 0.6 is 0 Å². The minimum absolute atomic E-state index is 0.224. The van der Waals surface area contributed by atoms with Gasteiger partial charge in [0.1, 0.15) is 16.8 Å². The highest BCUT2D eigenvalue weighted by Gasteiger charge is 2.11. The van der Waals surface area contributed by atoms with Gasteiger partial charge in [-0.15, -0.1) is 0 Å². The number of aromatic hydroxyl groups is 1. The van der Waals surface area contributed by atoms with Crippen LogP contribution in [0, 0.1) is 5.41 Å². The molecule has 0 bridgehead atoms. The molecule has 0 atom stereocenters. The van der Waals surface area contributed by atoms with E-state index in [0.717, 1.165) is 32.6 Å². The fraction of sp³-hybridized carbons (Fsp3) is 0. The highest BCUT2D eigenvalue weighted by molar-refractivity contribution is 6.09. The number of rotatable bonds is 0. The highest BCUT2D eigenvalue weighted by Crippen LogP contribution is 2.33. The largest absolute Gasteiger partial charge is 0.507 e. The number of aromatic nitrogens is 1. The maximum absolute atomic E-state index is 10.0. The molecule has 4 nitrogen and oxygen atoms in total. The van der Waals surface area contributed by atoms with Crippen LogP contribution in [0.4, 0.5) is 0 Å². The van der Waals surface area contributed by atoms with Gasteiger partial charge in [-0.05, 0) is 36.4 Å². The van der Waals surface area contributed by atoms with Crippen molar-refractivity contribution in [1.82, 2.24) is 4.98 Å². The van der Waals surface area contributed by atoms with Crippen molar-refractivity contribution < 1.29 is 9.52 Å². The minimum Gasteiger partial charge on any atom is -0.507 e. The van der Waals surface area contributed by atoms with Gasteiger partial charge >= 0.3 is 0 Å². The molecule has 0 spiro atoms. The van der Waals surface area contributed by atoms with E-state index in [-0.39, 0.29) is 5.75 Å². The lowest BCUT2D eigenvalue weighted by Gasteiger charge is -2.08. The lowest BCUT2D eigenvalue weighted by atomic mass is 10.1. The maximum Gasteiger partial charge on any atom is 0.161 e. The number of fused-ring (bicyclic) bond motifs is 6. The van der Waals surface area contributed by atoms with Crippen LogP contribution in [0.2, 0.25) is 0 Å². The molecule has 0 aliphatic carbocycles. The zero-order valence-electron chi connectivity index (χ0n) is 12.6. The van der Waals surface area contributed by atoms with Crippen molar-refractivity contribution in [3.05, 3.63) is 66.0 Å². The van der Waals surface area contributed by atoms with Crippen LogP contribution in [0.25, 0.3) is 43.7 Å². The molecule has 1 heterocycles. The van der Waals surface area contributed by atoms with E-state index in [9.17, 15) is 5.11 Å². The molecule has 0 aliphatic heterocycles. The summed E-state index contributed by atoms with van der Waals surface area (Å²) in [5.41, 5.74) is 2.78. The predicted octanol–water partition coefficient (Wildman–Crippen LogP) is 4.47. The van der Waals surface area contributed by atoms with Gasteiger partial charge < -0.3 is 14.9 Å². The van der Waals surface area contributed by atoms with E-state index in [1.807, 2.05) is 42.5 Å². The van der Waals surface area contributed by atoms with Gasteiger partial charge in [0.2, 0.25) is 0 Å². The first kappa shape index (κ1) is 13.1. The summed E-state index contributed by atoms with van der Waals surface area (Å²) < 4.78 is 6.13. The second kappa shape index (κ2) is 4.55. The SMILES string of the molecule is N=c1cccc2c1ccc1oc3c(ccc4c(O)cccc43)nc12. The summed E-state index contributed by atoms with van der Waals surface area (Å²) >= 11 is 0. The average Bonchev–Trinajstić information content (AvgIpc) is 2.60. The number of phenols is 1. The zero-order chi connectivity index (χ0) is 16.3. The Morgan fingerprint density at radius 3 is 2.50 bits per heavy atom. The fourth-order valence-electron chi connectivity index (χ4n) is 3.25. The summed E-state index contributed by atoms with van der Waals surface area (Å²) in [6, 6.07) is 18.4. The molecule has 5 rings (SSSR count). The predicted molar refractivity (Wildman–Crippen MR) is 94.0 cm³/mol.